The van der Waals surface area contributed by atoms with E-state index in [1.54, 1.807) is 16.9 Å². The van der Waals surface area contributed by atoms with Gasteiger partial charge in [0.05, 0.1) is 11.4 Å². The molecule has 29 heavy (non-hydrogen) atoms. The third kappa shape index (κ3) is 3.80. The lowest BCUT2D eigenvalue weighted by Gasteiger charge is -2.08. The van der Waals surface area contributed by atoms with Crippen molar-refractivity contribution in [2.24, 2.45) is 5.92 Å². The summed E-state index contributed by atoms with van der Waals surface area (Å²) in [4.78, 5) is 20.5. The quantitative estimate of drug-likeness (QED) is 0.529. The first-order chi connectivity index (χ1) is 14.3. The fraction of sp³-hybridized carbons (Fsp3) is 0.182. The fourth-order valence-corrected chi connectivity index (χ4v) is 3.20. The molecule has 1 amide bonds. The number of pyridine rings is 2. The summed E-state index contributed by atoms with van der Waals surface area (Å²) in [5.41, 5.74) is 4.82. The average molecular weight is 384 g/mol. The molecule has 0 unspecified atom stereocenters. The molecule has 0 spiro atoms. The summed E-state index contributed by atoms with van der Waals surface area (Å²) in [5.74, 6) is 0.480. The first-order valence-corrected chi connectivity index (χ1v) is 9.66. The third-order valence-corrected chi connectivity index (χ3v) is 4.95. The van der Waals surface area contributed by atoms with Crippen LogP contribution in [-0.2, 0) is 11.3 Å². The molecule has 1 aliphatic rings. The van der Waals surface area contributed by atoms with Gasteiger partial charge in [-0.2, -0.15) is 4.98 Å². The van der Waals surface area contributed by atoms with Gasteiger partial charge in [-0.05, 0) is 42.7 Å². The highest BCUT2D eigenvalue weighted by Gasteiger charge is 2.30. The molecule has 1 fully saturated rings. The van der Waals surface area contributed by atoms with Gasteiger partial charge in [0.15, 0.2) is 5.65 Å². The van der Waals surface area contributed by atoms with Crippen molar-refractivity contribution >= 4 is 23.2 Å². The molecule has 0 radical (unpaired) electrons. The minimum atomic E-state index is 0.00734. The van der Waals surface area contributed by atoms with Crippen LogP contribution in [0.3, 0.4) is 0 Å². The van der Waals surface area contributed by atoms with Crippen LogP contribution in [0.15, 0.2) is 67.0 Å². The van der Waals surface area contributed by atoms with E-state index in [0.717, 1.165) is 36.3 Å². The number of hydrogen-bond acceptors (Lipinski definition) is 5. The van der Waals surface area contributed by atoms with Gasteiger partial charge in [-0.25, -0.2) is 4.52 Å². The second-order valence-electron chi connectivity index (χ2n) is 7.17. The molecule has 1 aliphatic carbocycles. The lowest BCUT2D eigenvalue weighted by Crippen LogP contribution is -2.14. The molecule has 0 atom stereocenters. The smallest absolute Gasteiger partial charge is 0.249 e. The molecule has 2 N–H and O–H groups in total. The van der Waals surface area contributed by atoms with Crippen molar-refractivity contribution in [1.29, 1.82) is 0 Å². The van der Waals surface area contributed by atoms with Crippen molar-refractivity contribution in [3.8, 4) is 11.3 Å². The molecule has 0 saturated heterocycles. The van der Waals surface area contributed by atoms with E-state index >= 15 is 0 Å². The van der Waals surface area contributed by atoms with Crippen molar-refractivity contribution in [3.63, 3.8) is 0 Å². The van der Waals surface area contributed by atoms with Crippen LogP contribution in [0.1, 0.15) is 18.4 Å². The number of carbonyl (C=O) groups is 1. The topological polar surface area (TPSA) is 84.2 Å². The Morgan fingerprint density at radius 3 is 2.69 bits per heavy atom. The van der Waals surface area contributed by atoms with Gasteiger partial charge in [0.1, 0.15) is 0 Å². The van der Waals surface area contributed by atoms with Crippen LogP contribution in [0.2, 0.25) is 0 Å². The number of hydrogen-bond donors (Lipinski definition) is 2. The Hall–Kier alpha value is -3.74. The molecular weight excluding hydrogens is 364 g/mol. The second kappa shape index (κ2) is 7.35. The van der Waals surface area contributed by atoms with Crippen LogP contribution in [-0.4, -0.2) is 25.5 Å². The fourth-order valence-electron chi connectivity index (χ4n) is 3.20. The van der Waals surface area contributed by atoms with Gasteiger partial charge in [0.25, 0.3) is 0 Å². The van der Waals surface area contributed by atoms with Gasteiger partial charge in [-0.3, -0.25) is 15.1 Å². The van der Waals surface area contributed by atoms with Crippen LogP contribution in [0.25, 0.3) is 16.9 Å². The monoisotopic (exact) mass is 384 g/mol. The highest BCUT2D eigenvalue weighted by molar-refractivity contribution is 5.92. The van der Waals surface area contributed by atoms with E-state index in [9.17, 15) is 4.79 Å². The SMILES string of the molecule is O=C(Nc1nc2cccc(-c3ccc(CNc4cccnc4)cc3)n2n1)C1CC1. The van der Waals surface area contributed by atoms with Crippen LogP contribution < -0.4 is 10.6 Å². The Labute approximate surface area is 167 Å². The van der Waals surface area contributed by atoms with E-state index in [4.69, 9.17) is 0 Å². The lowest BCUT2D eigenvalue weighted by atomic mass is 10.1. The number of carbonyl (C=O) groups excluding carboxylic acids is 1. The maximum Gasteiger partial charge on any atom is 0.249 e. The Morgan fingerprint density at radius 2 is 1.93 bits per heavy atom. The summed E-state index contributed by atoms with van der Waals surface area (Å²) < 4.78 is 1.77. The van der Waals surface area contributed by atoms with Gasteiger partial charge in [-0.15, -0.1) is 5.10 Å². The average Bonchev–Trinajstić information content (AvgIpc) is 3.53. The predicted molar refractivity (Wildman–Crippen MR) is 111 cm³/mol. The number of nitrogens with one attached hydrogen (secondary N) is 2. The summed E-state index contributed by atoms with van der Waals surface area (Å²) in [6, 6.07) is 18.0. The number of benzene rings is 1. The number of amides is 1. The summed E-state index contributed by atoms with van der Waals surface area (Å²) in [7, 11) is 0. The van der Waals surface area contributed by atoms with Gasteiger partial charge < -0.3 is 5.32 Å². The Balaban J connectivity index is 1.35. The van der Waals surface area contributed by atoms with Crippen molar-refractivity contribution < 1.29 is 4.79 Å². The third-order valence-electron chi connectivity index (χ3n) is 4.95. The van der Waals surface area contributed by atoms with Gasteiger partial charge in [0, 0.05) is 30.4 Å². The molecule has 3 heterocycles. The van der Waals surface area contributed by atoms with Crippen LogP contribution in [0.5, 0.6) is 0 Å². The van der Waals surface area contributed by atoms with Crippen LogP contribution in [0.4, 0.5) is 11.6 Å². The highest BCUT2D eigenvalue weighted by Crippen LogP contribution is 2.30. The first-order valence-electron chi connectivity index (χ1n) is 9.66. The molecule has 7 nitrogen and oxygen atoms in total. The number of rotatable bonds is 6. The highest BCUT2D eigenvalue weighted by atomic mass is 16.2. The largest absolute Gasteiger partial charge is 0.380 e. The van der Waals surface area contributed by atoms with Crippen molar-refractivity contribution in [1.82, 2.24) is 19.6 Å². The molecular formula is C22H20N6O. The maximum absolute atomic E-state index is 12.0. The van der Waals surface area contributed by atoms with Gasteiger partial charge in [-0.1, -0.05) is 30.3 Å². The Kier molecular flexibility index (Phi) is 4.40. The molecule has 1 saturated carbocycles. The van der Waals surface area contributed by atoms with Crippen molar-refractivity contribution in [2.75, 3.05) is 10.6 Å². The zero-order valence-electron chi connectivity index (χ0n) is 15.7. The van der Waals surface area contributed by atoms with Crippen molar-refractivity contribution in [3.05, 3.63) is 72.6 Å². The van der Waals surface area contributed by atoms with E-state index in [0.29, 0.717) is 11.6 Å². The van der Waals surface area contributed by atoms with Crippen molar-refractivity contribution in [2.45, 2.75) is 19.4 Å². The zero-order chi connectivity index (χ0) is 19.6. The molecule has 1 aromatic carbocycles. The number of fused-ring (bicyclic) bond motifs is 1. The number of anilines is 2. The molecule has 4 aromatic rings. The van der Waals surface area contributed by atoms with Crippen LogP contribution in [0, 0.1) is 5.92 Å². The number of aromatic nitrogens is 4. The second-order valence-corrected chi connectivity index (χ2v) is 7.17. The van der Waals surface area contributed by atoms with E-state index in [1.165, 1.54) is 5.56 Å². The molecule has 3 aromatic heterocycles. The zero-order valence-corrected chi connectivity index (χ0v) is 15.7. The Morgan fingerprint density at radius 1 is 1.07 bits per heavy atom. The van der Waals surface area contributed by atoms with E-state index < -0.39 is 0 Å². The summed E-state index contributed by atoms with van der Waals surface area (Å²) in [6.45, 7) is 0.719. The molecule has 5 rings (SSSR count). The van der Waals surface area contributed by atoms with Gasteiger partial charge >= 0.3 is 0 Å². The van der Waals surface area contributed by atoms with E-state index in [-0.39, 0.29) is 11.8 Å². The predicted octanol–water partition coefficient (Wildman–Crippen LogP) is 3.75. The Bertz CT molecular complexity index is 1150. The summed E-state index contributed by atoms with van der Waals surface area (Å²) in [5, 5.41) is 10.7. The van der Waals surface area contributed by atoms with E-state index in [2.05, 4.69) is 50.0 Å². The summed E-state index contributed by atoms with van der Waals surface area (Å²) >= 11 is 0. The molecule has 144 valence electrons. The molecule has 0 aliphatic heterocycles. The summed E-state index contributed by atoms with van der Waals surface area (Å²) in [6.07, 6.45) is 5.46. The lowest BCUT2D eigenvalue weighted by molar-refractivity contribution is -0.117. The normalized spacial score (nSPS) is 13.4. The first kappa shape index (κ1) is 17.4. The maximum atomic E-state index is 12.0. The standard InChI is InChI=1S/C22H20N6O/c29-21(17-10-11-17)26-22-25-20-5-1-4-19(28(20)27-22)16-8-6-15(7-9-16)13-24-18-3-2-12-23-14-18/h1-9,12,14,17,24H,10-11,13H2,(H,26,27,29). The minimum Gasteiger partial charge on any atom is -0.380 e. The number of nitrogens with zero attached hydrogens (tertiary/aromatic N) is 4. The molecule has 0 bridgehead atoms. The van der Waals surface area contributed by atoms with E-state index in [1.807, 2.05) is 30.3 Å². The van der Waals surface area contributed by atoms with Gasteiger partial charge in [0.2, 0.25) is 11.9 Å². The minimum absolute atomic E-state index is 0.00734. The molecule has 7 heteroatoms. The van der Waals surface area contributed by atoms with Crippen LogP contribution >= 0.6 is 0 Å².